The summed E-state index contributed by atoms with van der Waals surface area (Å²) in [7, 11) is 0. The van der Waals surface area contributed by atoms with Gasteiger partial charge in [-0.25, -0.2) is 0 Å². The largest absolute Gasteiger partial charge is 0.393 e. The van der Waals surface area contributed by atoms with Crippen LogP contribution in [0, 0.1) is 0 Å². The van der Waals surface area contributed by atoms with Crippen molar-refractivity contribution in [2.75, 3.05) is 11.9 Å². The maximum absolute atomic E-state index is 11.9. The van der Waals surface area contributed by atoms with E-state index in [0.717, 1.165) is 55.8 Å². The third-order valence-electron chi connectivity index (χ3n) is 4.08. The lowest BCUT2D eigenvalue weighted by Gasteiger charge is -2.26. The number of amides is 1. The van der Waals surface area contributed by atoms with E-state index in [0.29, 0.717) is 6.42 Å². The van der Waals surface area contributed by atoms with Crippen molar-refractivity contribution in [3.8, 4) is 0 Å². The highest BCUT2D eigenvalue weighted by Crippen LogP contribution is 2.20. The summed E-state index contributed by atoms with van der Waals surface area (Å²) in [5.74, 6) is 0.124. The second kappa shape index (κ2) is 9.01. The van der Waals surface area contributed by atoms with E-state index < -0.39 is 0 Å². The van der Waals surface area contributed by atoms with Crippen molar-refractivity contribution in [1.29, 1.82) is 0 Å². The van der Waals surface area contributed by atoms with Crippen LogP contribution in [0.4, 0.5) is 5.69 Å². The number of rotatable bonds is 7. The van der Waals surface area contributed by atoms with Crippen molar-refractivity contribution in [3.63, 3.8) is 0 Å². The Morgan fingerprint density at radius 3 is 2.64 bits per heavy atom. The molecular weight excluding hydrogens is 300 g/mol. The Balaban J connectivity index is 1.55. The van der Waals surface area contributed by atoms with Crippen molar-refractivity contribution in [2.45, 2.75) is 57.1 Å². The van der Waals surface area contributed by atoms with Gasteiger partial charge in [0.2, 0.25) is 5.91 Å². The summed E-state index contributed by atoms with van der Waals surface area (Å²) in [4.78, 5) is 11.9. The van der Waals surface area contributed by atoms with Crippen LogP contribution < -0.4 is 10.6 Å². The topological polar surface area (TPSA) is 61.4 Å². The molecule has 0 heterocycles. The summed E-state index contributed by atoms with van der Waals surface area (Å²) in [6.07, 6.45) is 5.55. The molecule has 0 unspecified atom stereocenters. The molecule has 1 amide bonds. The molecule has 0 bridgehead atoms. The van der Waals surface area contributed by atoms with Gasteiger partial charge in [-0.2, -0.15) is 0 Å². The molecule has 0 saturated heterocycles. The molecule has 4 nitrogen and oxygen atoms in total. The number of hydrogen-bond donors (Lipinski definition) is 3. The van der Waals surface area contributed by atoms with Gasteiger partial charge >= 0.3 is 0 Å². The number of para-hydroxylation sites is 1. The van der Waals surface area contributed by atoms with Crippen LogP contribution in [0.25, 0.3) is 0 Å². The molecule has 0 spiro atoms. The van der Waals surface area contributed by atoms with Crippen LogP contribution in [0.2, 0.25) is 5.02 Å². The number of unbranched alkanes of at least 4 members (excludes halogenated alkanes) is 1. The number of aliphatic hydroxyl groups is 1. The summed E-state index contributed by atoms with van der Waals surface area (Å²) in [5, 5.41) is 16.5. The highest BCUT2D eigenvalue weighted by molar-refractivity contribution is 6.33. The summed E-state index contributed by atoms with van der Waals surface area (Å²) in [6, 6.07) is 7.91. The molecule has 0 atom stereocenters. The second-order valence-corrected chi connectivity index (χ2v) is 6.34. The summed E-state index contributed by atoms with van der Waals surface area (Å²) in [5.41, 5.74) is 0.939. The molecule has 1 aliphatic carbocycles. The van der Waals surface area contributed by atoms with Crippen molar-refractivity contribution in [1.82, 2.24) is 5.32 Å². The van der Waals surface area contributed by atoms with Gasteiger partial charge in [-0.1, -0.05) is 23.7 Å². The van der Waals surface area contributed by atoms with E-state index in [2.05, 4.69) is 10.6 Å². The molecule has 1 saturated carbocycles. The second-order valence-electron chi connectivity index (χ2n) is 5.94. The number of carbonyl (C=O) groups is 1. The van der Waals surface area contributed by atoms with Gasteiger partial charge in [-0.15, -0.1) is 0 Å². The number of nitrogens with one attached hydrogen (secondary N) is 2. The molecule has 22 heavy (non-hydrogen) atoms. The van der Waals surface area contributed by atoms with E-state index in [1.807, 2.05) is 24.3 Å². The fourth-order valence-corrected chi connectivity index (χ4v) is 2.96. The zero-order chi connectivity index (χ0) is 15.8. The summed E-state index contributed by atoms with van der Waals surface area (Å²) < 4.78 is 0. The van der Waals surface area contributed by atoms with Crippen LogP contribution >= 0.6 is 11.6 Å². The average Bonchev–Trinajstić information content (AvgIpc) is 2.51. The van der Waals surface area contributed by atoms with Gasteiger partial charge in [0.15, 0.2) is 0 Å². The van der Waals surface area contributed by atoms with Crippen LogP contribution in [0.15, 0.2) is 24.3 Å². The van der Waals surface area contributed by atoms with Gasteiger partial charge in [0.25, 0.3) is 0 Å². The van der Waals surface area contributed by atoms with E-state index in [9.17, 15) is 9.90 Å². The lowest BCUT2D eigenvalue weighted by atomic mass is 9.93. The fraction of sp³-hybridized carbons (Fsp3) is 0.588. The Kier molecular flexibility index (Phi) is 7.00. The third-order valence-corrected chi connectivity index (χ3v) is 4.41. The van der Waals surface area contributed by atoms with E-state index in [-0.39, 0.29) is 18.1 Å². The quantitative estimate of drug-likeness (QED) is 0.674. The van der Waals surface area contributed by atoms with Crippen LogP contribution in [0.1, 0.15) is 44.9 Å². The van der Waals surface area contributed by atoms with Crippen LogP contribution in [-0.4, -0.2) is 29.7 Å². The van der Waals surface area contributed by atoms with Gasteiger partial charge in [0.05, 0.1) is 16.8 Å². The zero-order valence-corrected chi connectivity index (χ0v) is 13.6. The van der Waals surface area contributed by atoms with E-state index in [1.54, 1.807) is 0 Å². The number of hydrogen-bond acceptors (Lipinski definition) is 3. The highest BCUT2D eigenvalue weighted by atomic mass is 35.5. The monoisotopic (exact) mass is 324 g/mol. The first-order valence-electron chi connectivity index (χ1n) is 8.11. The Bertz CT molecular complexity index is 473. The van der Waals surface area contributed by atoms with E-state index in [1.165, 1.54) is 0 Å². The predicted molar refractivity (Wildman–Crippen MR) is 90.2 cm³/mol. The molecule has 122 valence electrons. The molecule has 1 aliphatic rings. The molecule has 3 N–H and O–H groups in total. The van der Waals surface area contributed by atoms with E-state index in [4.69, 9.17) is 11.6 Å². The van der Waals surface area contributed by atoms with Gasteiger partial charge in [-0.3, -0.25) is 4.79 Å². The first kappa shape index (κ1) is 17.1. The molecule has 0 radical (unpaired) electrons. The normalized spacial score (nSPS) is 21.4. The summed E-state index contributed by atoms with van der Waals surface area (Å²) >= 11 is 6.06. The maximum Gasteiger partial charge on any atom is 0.220 e. The fourth-order valence-electron chi connectivity index (χ4n) is 2.76. The first-order chi connectivity index (χ1) is 10.6. The molecule has 5 heteroatoms. The van der Waals surface area contributed by atoms with Crippen molar-refractivity contribution in [3.05, 3.63) is 29.3 Å². The highest BCUT2D eigenvalue weighted by Gasteiger charge is 2.20. The van der Waals surface area contributed by atoms with Gasteiger partial charge < -0.3 is 15.7 Å². The van der Waals surface area contributed by atoms with E-state index >= 15 is 0 Å². The SMILES string of the molecule is O=C(CCCCNc1ccccc1Cl)NC1CCC(O)CC1. The lowest BCUT2D eigenvalue weighted by Crippen LogP contribution is -2.38. The van der Waals surface area contributed by atoms with Gasteiger partial charge in [0.1, 0.15) is 0 Å². The Morgan fingerprint density at radius 1 is 1.18 bits per heavy atom. The van der Waals surface area contributed by atoms with Crippen molar-refractivity contribution in [2.24, 2.45) is 0 Å². The van der Waals surface area contributed by atoms with Crippen LogP contribution in [0.5, 0.6) is 0 Å². The maximum atomic E-state index is 11.9. The minimum atomic E-state index is -0.177. The number of aliphatic hydroxyl groups excluding tert-OH is 1. The number of carbonyl (C=O) groups excluding carboxylic acids is 1. The summed E-state index contributed by atoms with van der Waals surface area (Å²) in [6.45, 7) is 0.812. The minimum Gasteiger partial charge on any atom is -0.393 e. The molecule has 1 aromatic carbocycles. The minimum absolute atomic E-state index is 0.124. The van der Waals surface area contributed by atoms with Crippen LogP contribution in [0.3, 0.4) is 0 Å². The Hall–Kier alpha value is -1.26. The Labute approximate surface area is 137 Å². The first-order valence-corrected chi connectivity index (χ1v) is 8.49. The Morgan fingerprint density at radius 2 is 1.91 bits per heavy atom. The lowest BCUT2D eigenvalue weighted by molar-refractivity contribution is -0.122. The molecule has 0 aliphatic heterocycles. The molecule has 1 aromatic rings. The van der Waals surface area contributed by atoms with Crippen molar-refractivity contribution >= 4 is 23.2 Å². The van der Waals surface area contributed by atoms with Gasteiger partial charge in [0, 0.05) is 19.0 Å². The van der Waals surface area contributed by atoms with Gasteiger partial charge in [-0.05, 0) is 50.7 Å². The molecular formula is C17H25ClN2O2. The van der Waals surface area contributed by atoms with Crippen LogP contribution in [-0.2, 0) is 4.79 Å². The molecule has 0 aromatic heterocycles. The molecule has 1 fully saturated rings. The standard InChI is InChI=1S/C17H25ClN2O2/c18-15-5-1-2-6-16(15)19-12-4-3-7-17(22)20-13-8-10-14(21)11-9-13/h1-2,5-6,13-14,19,21H,3-4,7-12H2,(H,20,22). The smallest absolute Gasteiger partial charge is 0.220 e. The average molecular weight is 325 g/mol. The predicted octanol–water partition coefficient (Wildman–Crippen LogP) is 3.34. The third kappa shape index (κ3) is 5.85. The number of halogens is 1. The zero-order valence-electron chi connectivity index (χ0n) is 12.9. The number of anilines is 1. The number of benzene rings is 1. The molecule has 2 rings (SSSR count). The van der Waals surface area contributed by atoms with Crippen molar-refractivity contribution < 1.29 is 9.90 Å².